The molecule has 0 spiro atoms. The van der Waals surface area contributed by atoms with Crippen LogP contribution in [0.2, 0.25) is 5.02 Å². The number of benzene rings is 1. The molecule has 1 aromatic carbocycles. The van der Waals surface area contributed by atoms with Gasteiger partial charge in [0.25, 0.3) is 0 Å². The second-order valence-corrected chi connectivity index (χ2v) is 5.37. The highest BCUT2D eigenvalue weighted by Gasteiger charge is 2.18. The van der Waals surface area contributed by atoms with E-state index in [0.29, 0.717) is 5.02 Å². The smallest absolute Gasteiger partial charge is 0.250 e. The van der Waals surface area contributed by atoms with E-state index >= 15 is 0 Å². The van der Waals surface area contributed by atoms with Crippen LogP contribution in [0.1, 0.15) is 0 Å². The van der Waals surface area contributed by atoms with E-state index in [9.17, 15) is 4.79 Å². The lowest BCUT2D eigenvalue weighted by atomic mass is 10.2. The molecule has 0 atom stereocenters. The number of nitrogens with one attached hydrogen (secondary N) is 1. The number of hydrogen-bond acceptors (Lipinski definition) is 4. The number of anilines is 2. The Hall–Kier alpha value is -1.30. The molecule has 0 saturated carbocycles. The third-order valence-electron chi connectivity index (χ3n) is 3.35. The van der Waals surface area contributed by atoms with Crippen LogP contribution in [0.5, 0.6) is 0 Å². The van der Waals surface area contributed by atoms with Gasteiger partial charge in [-0.15, -0.1) is 0 Å². The van der Waals surface area contributed by atoms with Gasteiger partial charge in [-0.1, -0.05) is 11.6 Å². The summed E-state index contributed by atoms with van der Waals surface area (Å²) < 4.78 is 4.84. The summed E-state index contributed by atoms with van der Waals surface area (Å²) in [7, 11) is 3.61. The number of hydrogen-bond donors (Lipinski definition) is 1. The fraction of sp³-hybridized carbons (Fsp3) is 0.500. The first-order chi connectivity index (χ1) is 9.60. The van der Waals surface area contributed by atoms with Gasteiger partial charge in [0, 0.05) is 38.3 Å². The molecule has 0 unspecified atom stereocenters. The van der Waals surface area contributed by atoms with Crippen LogP contribution < -0.4 is 10.2 Å². The number of methoxy groups -OCH3 is 1. The fourth-order valence-corrected chi connectivity index (χ4v) is 2.42. The Morgan fingerprint density at radius 1 is 1.35 bits per heavy atom. The van der Waals surface area contributed by atoms with Gasteiger partial charge in [0.2, 0.25) is 5.91 Å². The molecule has 1 amide bonds. The first kappa shape index (κ1) is 15.1. The lowest BCUT2D eigenvalue weighted by Gasteiger charge is -2.35. The third-order valence-corrected chi connectivity index (χ3v) is 3.59. The second kappa shape index (κ2) is 6.92. The summed E-state index contributed by atoms with van der Waals surface area (Å²) in [4.78, 5) is 16.3. The van der Waals surface area contributed by atoms with E-state index in [2.05, 4.69) is 22.2 Å². The van der Waals surface area contributed by atoms with E-state index < -0.39 is 0 Å². The predicted octanol–water partition coefficient (Wildman–Crippen LogP) is 1.68. The van der Waals surface area contributed by atoms with Gasteiger partial charge in [0.1, 0.15) is 6.61 Å². The number of rotatable bonds is 4. The summed E-state index contributed by atoms with van der Waals surface area (Å²) in [6, 6.07) is 5.58. The van der Waals surface area contributed by atoms with Gasteiger partial charge in [-0.2, -0.15) is 0 Å². The largest absolute Gasteiger partial charge is 0.375 e. The average molecular weight is 298 g/mol. The molecular weight excluding hydrogens is 278 g/mol. The molecule has 1 fully saturated rings. The van der Waals surface area contributed by atoms with Crippen molar-refractivity contribution >= 4 is 28.9 Å². The Morgan fingerprint density at radius 2 is 2.05 bits per heavy atom. The van der Waals surface area contributed by atoms with Crippen LogP contribution in [0.3, 0.4) is 0 Å². The Morgan fingerprint density at radius 3 is 2.70 bits per heavy atom. The van der Waals surface area contributed by atoms with Crippen molar-refractivity contribution in [3.8, 4) is 0 Å². The number of amides is 1. The molecule has 1 saturated heterocycles. The fourth-order valence-electron chi connectivity index (χ4n) is 2.25. The molecule has 1 heterocycles. The second-order valence-electron chi connectivity index (χ2n) is 4.93. The molecule has 1 aliphatic heterocycles. The maximum Gasteiger partial charge on any atom is 0.250 e. The van der Waals surface area contributed by atoms with E-state index in [1.165, 1.54) is 7.11 Å². The van der Waals surface area contributed by atoms with Gasteiger partial charge in [0.05, 0.1) is 11.4 Å². The highest BCUT2D eigenvalue weighted by Crippen LogP contribution is 2.29. The van der Waals surface area contributed by atoms with E-state index in [4.69, 9.17) is 16.3 Å². The summed E-state index contributed by atoms with van der Waals surface area (Å²) >= 11 is 6.03. The lowest BCUT2D eigenvalue weighted by Crippen LogP contribution is -2.44. The van der Waals surface area contributed by atoms with E-state index in [-0.39, 0.29) is 12.5 Å². The van der Waals surface area contributed by atoms with Gasteiger partial charge in [-0.25, -0.2) is 0 Å². The third kappa shape index (κ3) is 3.85. The van der Waals surface area contributed by atoms with Crippen LogP contribution in [0.15, 0.2) is 18.2 Å². The van der Waals surface area contributed by atoms with Crippen LogP contribution >= 0.6 is 11.6 Å². The van der Waals surface area contributed by atoms with E-state index in [1.807, 2.05) is 12.1 Å². The molecule has 1 aromatic rings. The maximum atomic E-state index is 11.7. The number of piperazine rings is 1. The van der Waals surface area contributed by atoms with Gasteiger partial charge < -0.3 is 19.9 Å². The van der Waals surface area contributed by atoms with Crippen molar-refractivity contribution < 1.29 is 9.53 Å². The number of nitrogens with zero attached hydrogens (tertiary/aromatic N) is 2. The SMILES string of the molecule is COCC(=O)Nc1cc(Cl)ccc1N1CCN(C)CC1. The highest BCUT2D eigenvalue weighted by atomic mass is 35.5. The highest BCUT2D eigenvalue weighted by molar-refractivity contribution is 6.31. The van der Waals surface area contributed by atoms with Gasteiger partial charge in [0.15, 0.2) is 0 Å². The van der Waals surface area contributed by atoms with Crippen molar-refractivity contribution in [3.05, 3.63) is 23.2 Å². The van der Waals surface area contributed by atoms with Gasteiger partial charge >= 0.3 is 0 Å². The molecule has 110 valence electrons. The summed E-state index contributed by atoms with van der Waals surface area (Å²) in [5, 5.41) is 3.46. The summed E-state index contributed by atoms with van der Waals surface area (Å²) in [6.45, 7) is 3.92. The molecule has 2 rings (SSSR count). The van der Waals surface area contributed by atoms with Crippen molar-refractivity contribution in [1.82, 2.24) is 4.90 Å². The van der Waals surface area contributed by atoms with Gasteiger partial charge in [-0.05, 0) is 25.2 Å². The zero-order valence-corrected chi connectivity index (χ0v) is 12.6. The van der Waals surface area contributed by atoms with Crippen LogP contribution in [-0.2, 0) is 9.53 Å². The number of likely N-dealkylation sites (N-methyl/N-ethyl adjacent to an activating group) is 1. The first-order valence-electron chi connectivity index (χ1n) is 6.62. The molecule has 6 heteroatoms. The van der Waals surface area contributed by atoms with Crippen LogP contribution in [0.25, 0.3) is 0 Å². The Kier molecular flexibility index (Phi) is 5.23. The summed E-state index contributed by atoms with van der Waals surface area (Å²) in [6.07, 6.45) is 0. The number of carbonyl (C=O) groups is 1. The molecule has 0 aromatic heterocycles. The normalized spacial score (nSPS) is 16.2. The topological polar surface area (TPSA) is 44.8 Å². The molecular formula is C14H20ClN3O2. The minimum absolute atomic E-state index is 0.0364. The van der Waals surface area contributed by atoms with Crippen LogP contribution in [0, 0.1) is 0 Å². The van der Waals surface area contributed by atoms with E-state index in [0.717, 1.165) is 37.6 Å². The lowest BCUT2D eigenvalue weighted by molar-refractivity contribution is -0.119. The monoisotopic (exact) mass is 297 g/mol. The molecule has 5 nitrogen and oxygen atoms in total. The van der Waals surface area contributed by atoms with Crippen LogP contribution in [-0.4, -0.2) is 57.8 Å². The number of ether oxygens (including phenoxy) is 1. The molecule has 1 N–H and O–H groups in total. The molecule has 0 bridgehead atoms. The molecule has 20 heavy (non-hydrogen) atoms. The zero-order chi connectivity index (χ0) is 14.5. The Labute approximate surface area is 124 Å². The van der Waals surface area contributed by atoms with Crippen LogP contribution in [0.4, 0.5) is 11.4 Å². The quantitative estimate of drug-likeness (QED) is 0.918. The molecule has 1 aliphatic rings. The maximum absolute atomic E-state index is 11.7. The van der Waals surface area contributed by atoms with Crippen molar-refractivity contribution in [1.29, 1.82) is 0 Å². The zero-order valence-electron chi connectivity index (χ0n) is 11.9. The minimum Gasteiger partial charge on any atom is -0.375 e. The minimum atomic E-state index is -0.176. The van der Waals surface area contributed by atoms with Crippen molar-refractivity contribution in [2.45, 2.75) is 0 Å². The molecule has 0 radical (unpaired) electrons. The van der Waals surface area contributed by atoms with Crippen molar-refractivity contribution in [3.63, 3.8) is 0 Å². The van der Waals surface area contributed by atoms with Gasteiger partial charge in [-0.3, -0.25) is 4.79 Å². The summed E-state index contributed by atoms with van der Waals surface area (Å²) in [5.41, 5.74) is 1.75. The van der Waals surface area contributed by atoms with E-state index in [1.54, 1.807) is 6.07 Å². The number of carbonyl (C=O) groups excluding carboxylic acids is 1. The first-order valence-corrected chi connectivity index (χ1v) is 7.00. The Balaban J connectivity index is 2.17. The van der Waals surface area contributed by atoms with Crippen molar-refractivity contribution in [2.24, 2.45) is 0 Å². The molecule has 0 aliphatic carbocycles. The Bertz CT molecular complexity index is 473. The summed E-state index contributed by atoms with van der Waals surface area (Å²) in [5.74, 6) is -0.176. The number of halogens is 1. The average Bonchev–Trinajstić information content (AvgIpc) is 2.40. The van der Waals surface area contributed by atoms with Crippen molar-refractivity contribution in [2.75, 3.05) is 57.2 Å². The predicted molar refractivity (Wildman–Crippen MR) is 81.7 cm³/mol. The standard InChI is InChI=1S/C14H20ClN3O2/c1-17-5-7-18(8-6-17)13-4-3-11(15)9-12(13)16-14(19)10-20-2/h3-4,9H,5-8,10H2,1-2H3,(H,16,19).